The van der Waals surface area contributed by atoms with Crippen LogP contribution in [0, 0.1) is 0 Å². The van der Waals surface area contributed by atoms with Crippen LogP contribution in [0.5, 0.6) is 0 Å². The monoisotopic (exact) mass is 300 g/mol. The Morgan fingerprint density at radius 2 is 1.37 bits per heavy atom. The van der Waals surface area contributed by atoms with Crippen molar-refractivity contribution in [2.24, 2.45) is 7.05 Å². The molecule has 0 aliphatic carbocycles. The summed E-state index contributed by atoms with van der Waals surface area (Å²) in [4.78, 5) is 2.97. The first kappa shape index (κ1) is 15.6. The van der Waals surface area contributed by atoms with Crippen LogP contribution in [-0.2, 0) is 13.0 Å². The Morgan fingerprint density at radius 1 is 0.895 bits per heavy atom. The van der Waals surface area contributed by atoms with Gasteiger partial charge in [-0.05, 0) is 0 Å². The maximum atomic E-state index is 13.3. The molecular formula is C8H5F9N2. The van der Waals surface area contributed by atoms with Gasteiger partial charge < -0.3 is 4.57 Å². The van der Waals surface area contributed by atoms with Gasteiger partial charge >= 0.3 is 23.9 Å². The van der Waals surface area contributed by atoms with Crippen molar-refractivity contribution in [3.63, 3.8) is 0 Å². The smallest absolute Gasteiger partial charge is 0.332 e. The van der Waals surface area contributed by atoms with Gasteiger partial charge in [0.25, 0.3) is 0 Å². The lowest BCUT2D eigenvalue weighted by atomic mass is 10.0. The highest BCUT2D eigenvalue weighted by atomic mass is 19.4. The third-order valence-electron chi connectivity index (χ3n) is 2.28. The standard InChI is InChI=1S/C8H5F9N2/c1-19-3-18-2-4(19)5(9,10)6(11,12)7(13,14)8(15,16)17/h2-3H,1H3. The van der Waals surface area contributed by atoms with E-state index in [2.05, 4.69) is 4.98 Å². The molecule has 0 aliphatic heterocycles. The van der Waals surface area contributed by atoms with Crippen LogP contribution in [0.3, 0.4) is 0 Å². The van der Waals surface area contributed by atoms with Crippen LogP contribution >= 0.6 is 0 Å². The van der Waals surface area contributed by atoms with E-state index in [1.165, 1.54) is 0 Å². The molecule has 110 valence electrons. The van der Waals surface area contributed by atoms with Gasteiger partial charge in [0.05, 0.1) is 12.5 Å². The molecule has 0 saturated carbocycles. The Hall–Kier alpha value is -1.42. The Labute approximate surface area is 99.4 Å². The molecule has 0 aliphatic rings. The molecule has 0 aromatic carbocycles. The Balaban J connectivity index is 3.38. The molecule has 0 saturated heterocycles. The van der Waals surface area contributed by atoms with Gasteiger partial charge in [0.2, 0.25) is 0 Å². The molecule has 0 fully saturated rings. The van der Waals surface area contributed by atoms with Gasteiger partial charge in [-0.25, -0.2) is 4.98 Å². The van der Waals surface area contributed by atoms with E-state index in [0.29, 0.717) is 6.33 Å². The Kier molecular flexibility index (Phi) is 3.32. The van der Waals surface area contributed by atoms with Gasteiger partial charge in [-0.3, -0.25) is 0 Å². The third kappa shape index (κ3) is 2.04. The van der Waals surface area contributed by atoms with Crippen molar-refractivity contribution >= 4 is 0 Å². The summed E-state index contributed by atoms with van der Waals surface area (Å²) in [6.45, 7) is 0. The molecular weight excluding hydrogens is 295 g/mol. The number of hydrogen-bond acceptors (Lipinski definition) is 1. The summed E-state index contributed by atoms with van der Waals surface area (Å²) in [6.07, 6.45) is -6.18. The Bertz CT molecular complexity index is 459. The van der Waals surface area contributed by atoms with Gasteiger partial charge in [-0.15, -0.1) is 0 Å². The number of nitrogens with zero attached hydrogens (tertiary/aromatic N) is 2. The molecule has 1 rings (SSSR count). The maximum Gasteiger partial charge on any atom is 0.460 e. The lowest BCUT2D eigenvalue weighted by molar-refractivity contribution is -0.400. The highest BCUT2D eigenvalue weighted by Gasteiger charge is 2.82. The summed E-state index contributed by atoms with van der Waals surface area (Å²) in [6, 6.07) is 0. The molecule has 0 bridgehead atoms. The normalized spacial score (nSPS) is 14.8. The molecule has 0 unspecified atom stereocenters. The number of rotatable bonds is 3. The van der Waals surface area contributed by atoms with Crippen molar-refractivity contribution in [2.45, 2.75) is 23.9 Å². The summed E-state index contributed by atoms with van der Waals surface area (Å²) in [5, 5.41) is 0. The van der Waals surface area contributed by atoms with Crippen molar-refractivity contribution in [3.8, 4) is 0 Å². The average molecular weight is 300 g/mol. The quantitative estimate of drug-likeness (QED) is 0.783. The third-order valence-corrected chi connectivity index (χ3v) is 2.28. The summed E-state index contributed by atoms with van der Waals surface area (Å²) >= 11 is 0. The van der Waals surface area contributed by atoms with Gasteiger partial charge in [0.1, 0.15) is 5.69 Å². The molecule has 2 nitrogen and oxygen atoms in total. The SMILES string of the molecule is Cn1cncc1C(F)(F)C(F)(F)C(F)(F)C(F)(F)F. The molecule has 11 heteroatoms. The van der Waals surface area contributed by atoms with E-state index >= 15 is 0 Å². The molecule has 0 N–H and O–H groups in total. The fraction of sp³-hybridized carbons (Fsp3) is 0.625. The summed E-state index contributed by atoms with van der Waals surface area (Å²) in [5.41, 5.74) is -1.76. The predicted octanol–water partition coefficient (Wildman–Crippen LogP) is 3.34. The van der Waals surface area contributed by atoms with Crippen LogP contribution in [-0.4, -0.2) is 27.6 Å². The van der Waals surface area contributed by atoms with Crippen molar-refractivity contribution in [1.29, 1.82) is 0 Å². The van der Waals surface area contributed by atoms with Crippen molar-refractivity contribution in [3.05, 3.63) is 18.2 Å². The van der Waals surface area contributed by atoms with Crippen molar-refractivity contribution in [1.82, 2.24) is 9.55 Å². The van der Waals surface area contributed by atoms with Crippen LogP contribution in [0.15, 0.2) is 12.5 Å². The second-order valence-corrected chi connectivity index (χ2v) is 3.61. The van der Waals surface area contributed by atoms with E-state index in [-0.39, 0.29) is 10.8 Å². The minimum atomic E-state index is -6.90. The highest BCUT2D eigenvalue weighted by Crippen LogP contribution is 2.56. The van der Waals surface area contributed by atoms with E-state index < -0.39 is 29.6 Å². The zero-order valence-electron chi connectivity index (χ0n) is 8.95. The minimum absolute atomic E-state index is 0.0837. The largest absolute Gasteiger partial charge is 0.460 e. The number of aryl methyl sites for hydroxylation is 1. The number of hydrogen-bond donors (Lipinski definition) is 0. The molecule has 19 heavy (non-hydrogen) atoms. The molecule has 1 aromatic rings. The zero-order chi connectivity index (χ0) is 15.3. The summed E-state index contributed by atoms with van der Waals surface area (Å²) in [7, 11) is 0.748. The first-order valence-corrected chi connectivity index (χ1v) is 4.43. The lowest BCUT2D eigenvalue weighted by Crippen LogP contribution is -2.59. The van der Waals surface area contributed by atoms with Gasteiger partial charge in [0.15, 0.2) is 0 Å². The van der Waals surface area contributed by atoms with E-state index in [4.69, 9.17) is 0 Å². The zero-order valence-corrected chi connectivity index (χ0v) is 8.95. The van der Waals surface area contributed by atoms with Crippen LogP contribution < -0.4 is 0 Å². The number of halogens is 9. The predicted molar refractivity (Wildman–Crippen MR) is 43.1 cm³/mol. The highest BCUT2D eigenvalue weighted by molar-refractivity contribution is 5.15. The summed E-state index contributed by atoms with van der Waals surface area (Å²) < 4.78 is 113. The lowest BCUT2D eigenvalue weighted by Gasteiger charge is -2.33. The molecule has 0 radical (unpaired) electrons. The topological polar surface area (TPSA) is 17.8 Å². The van der Waals surface area contributed by atoms with Crippen LogP contribution in [0.1, 0.15) is 5.69 Å². The summed E-state index contributed by atoms with van der Waals surface area (Å²) in [5.74, 6) is -19.3. The fourth-order valence-electron chi connectivity index (χ4n) is 1.20. The van der Waals surface area contributed by atoms with Crippen molar-refractivity contribution < 1.29 is 39.5 Å². The second-order valence-electron chi connectivity index (χ2n) is 3.61. The van der Waals surface area contributed by atoms with E-state index in [9.17, 15) is 39.5 Å². The van der Waals surface area contributed by atoms with Gasteiger partial charge in [0, 0.05) is 7.05 Å². The number of imidazole rings is 1. The fourth-order valence-corrected chi connectivity index (χ4v) is 1.20. The van der Waals surface area contributed by atoms with Gasteiger partial charge in [-0.1, -0.05) is 0 Å². The van der Waals surface area contributed by atoms with Crippen LogP contribution in [0.2, 0.25) is 0 Å². The first-order chi connectivity index (χ1) is 8.27. The van der Waals surface area contributed by atoms with E-state index in [1.807, 2.05) is 0 Å². The van der Waals surface area contributed by atoms with E-state index in [0.717, 1.165) is 7.05 Å². The Morgan fingerprint density at radius 3 is 1.68 bits per heavy atom. The molecule has 0 atom stereocenters. The first-order valence-electron chi connectivity index (χ1n) is 4.43. The van der Waals surface area contributed by atoms with Gasteiger partial charge in [-0.2, -0.15) is 39.5 Å². The average Bonchev–Trinajstić information content (AvgIpc) is 2.62. The minimum Gasteiger partial charge on any atom is -0.332 e. The van der Waals surface area contributed by atoms with Crippen LogP contribution in [0.25, 0.3) is 0 Å². The molecule has 1 aromatic heterocycles. The molecule has 0 spiro atoms. The van der Waals surface area contributed by atoms with E-state index in [1.54, 1.807) is 0 Å². The number of aromatic nitrogens is 2. The molecule has 0 amide bonds. The second kappa shape index (κ2) is 4.04. The maximum absolute atomic E-state index is 13.3. The number of alkyl halides is 9. The van der Waals surface area contributed by atoms with Crippen LogP contribution in [0.4, 0.5) is 39.5 Å². The molecule has 1 heterocycles. The van der Waals surface area contributed by atoms with Crippen molar-refractivity contribution in [2.75, 3.05) is 0 Å².